The Hall–Kier alpha value is -0.450. The molecular weight excluding hydrogens is 240 g/mol. The van der Waals surface area contributed by atoms with Crippen molar-refractivity contribution in [3.8, 4) is 0 Å². The first kappa shape index (κ1) is 14.9. The third kappa shape index (κ3) is 4.26. The Labute approximate surface area is 116 Å². The first-order chi connectivity index (χ1) is 8.92. The van der Waals surface area contributed by atoms with Gasteiger partial charge in [-0.25, -0.2) is 0 Å². The van der Waals surface area contributed by atoms with Gasteiger partial charge in [-0.3, -0.25) is 9.80 Å². The van der Waals surface area contributed by atoms with Gasteiger partial charge in [-0.1, -0.05) is 12.8 Å². The molecular formula is C15H28N2O2. The molecule has 0 aromatic heterocycles. The third-order valence-electron chi connectivity index (χ3n) is 4.46. The van der Waals surface area contributed by atoms with Gasteiger partial charge in [0.05, 0.1) is 5.60 Å². The summed E-state index contributed by atoms with van der Waals surface area (Å²) in [5.74, 6) is 0. The van der Waals surface area contributed by atoms with Gasteiger partial charge in [-0.2, -0.15) is 0 Å². The van der Waals surface area contributed by atoms with Gasteiger partial charge in [-0.05, 0) is 26.7 Å². The number of nitrogens with zero attached hydrogens (tertiary/aromatic N) is 2. The monoisotopic (exact) mass is 268 g/mol. The van der Waals surface area contributed by atoms with E-state index in [1.165, 1.54) is 19.1 Å². The summed E-state index contributed by atoms with van der Waals surface area (Å²) in [6.45, 7) is 9.43. The van der Waals surface area contributed by atoms with Crippen molar-refractivity contribution in [3.05, 3.63) is 0 Å². The summed E-state index contributed by atoms with van der Waals surface area (Å²) in [7, 11) is 0. The maximum Gasteiger partial charge on any atom is 0.127 e. The largest absolute Gasteiger partial charge is 0.389 e. The van der Waals surface area contributed by atoms with Crippen LogP contribution in [0.4, 0.5) is 0 Å². The smallest absolute Gasteiger partial charge is 0.127 e. The highest BCUT2D eigenvalue weighted by Gasteiger charge is 2.36. The molecule has 0 amide bonds. The van der Waals surface area contributed by atoms with Crippen LogP contribution in [-0.4, -0.2) is 66.1 Å². The molecule has 19 heavy (non-hydrogen) atoms. The lowest BCUT2D eigenvalue weighted by Crippen LogP contribution is -2.52. The van der Waals surface area contributed by atoms with Crippen LogP contribution in [0, 0.1) is 5.41 Å². The summed E-state index contributed by atoms with van der Waals surface area (Å²) in [5, 5.41) is 9.84. The number of β-amino-alcohol motifs (C(OH)–C–C–N with tert-alkyl or cyclic N) is 1. The van der Waals surface area contributed by atoms with Crippen LogP contribution < -0.4 is 0 Å². The SMILES string of the molecule is CC(C)(O)CN1CCN(CC2(C=O)CCCC2)CC1. The van der Waals surface area contributed by atoms with Crippen molar-refractivity contribution in [2.45, 2.75) is 45.1 Å². The average molecular weight is 268 g/mol. The quantitative estimate of drug-likeness (QED) is 0.759. The molecule has 0 aromatic rings. The second-order valence-electron chi connectivity index (χ2n) is 7.05. The number of aldehydes is 1. The molecule has 0 atom stereocenters. The summed E-state index contributed by atoms with van der Waals surface area (Å²) < 4.78 is 0. The first-order valence-electron chi connectivity index (χ1n) is 7.56. The third-order valence-corrected chi connectivity index (χ3v) is 4.46. The maximum atomic E-state index is 11.4. The van der Waals surface area contributed by atoms with Crippen molar-refractivity contribution in [2.75, 3.05) is 39.3 Å². The Morgan fingerprint density at radius 1 is 1.11 bits per heavy atom. The molecule has 1 saturated heterocycles. The van der Waals surface area contributed by atoms with Crippen LogP contribution in [0.5, 0.6) is 0 Å². The highest BCUT2D eigenvalue weighted by atomic mass is 16.3. The van der Waals surface area contributed by atoms with Crippen molar-refractivity contribution in [1.82, 2.24) is 9.80 Å². The lowest BCUT2D eigenvalue weighted by molar-refractivity contribution is -0.117. The number of carbonyl (C=O) groups excluding carboxylic acids is 1. The molecule has 1 saturated carbocycles. The predicted octanol–water partition coefficient (Wildman–Crippen LogP) is 1.13. The number of piperazine rings is 1. The molecule has 1 aliphatic carbocycles. The predicted molar refractivity (Wildman–Crippen MR) is 76.1 cm³/mol. The molecule has 0 spiro atoms. The van der Waals surface area contributed by atoms with Gasteiger partial charge in [0.1, 0.15) is 6.29 Å². The zero-order valence-electron chi connectivity index (χ0n) is 12.4. The Kier molecular flexibility index (Phi) is 4.64. The van der Waals surface area contributed by atoms with E-state index in [2.05, 4.69) is 9.80 Å². The molecule has 110 valence electrons. The second kappa shape index (κ2) is 5.90. The van der Waals surface area contributed by atoms with Crippen molar-refractivity contribution in [1.29, 1.82) is 0 Å². The molecule has 4 heteroatoms. The minimum Gasteiger partial charge on any atom is -0.389 e. The van der Waals surface area contributed by atoms with Crippen LogP contribution in [0.15, 0.2) is 0 Å². The zero-order chi connectivity index (χ0) is 13.9. The minimum atomic E-state index is -0.613. The standard InChI is InChI=1S/C15H28N2O2/c1-14(2,19)11-16-7-9-17(10-8-16)12-15(13-18)5-3-4-6-15/h13,19H,3-12H2,1-2H3. The van der Waals surface area contributed by atoms with Crippen molar-refractivity contribution >= 4 is 6.29 Å². The molecule has 0 aromatic carbocycles. The number of rotatable bonds is 5. The highest BCUT2D eigenvalue weighted by molar-refractivity contribution is 5.60. The van der Waals surface area contributed by atoms with Crippen molar-refractivity contribution in [3.63, 3.8) is 0 Å². The van der Waals surface area contributed by atoms with E-state index < -0.39 is 5.60 Å². The van der Waals surface area contributed by atoms with E-state index in [0.29, 0.717) is 0 Å². The fraction of sp³-hybridized carbons (Fsp3) is 0.933. The van der Waals surface area contributed by atoms with E-state index in [-0.39, 0.29) is 5.41 Å². The van der Waals surface area contributed by atoms with Gasteiger partial charge in [0.25, 0.3) is 0 Å². The number of aliphatic hydroxyl groups is 1. The van der Waals surface area contributed by atoms with E-state index in [9.17, 15) is 9.90 Å². The summed E-state index contributed by atoms with van der Waals surface area (Å²) in [6.07, 6.45) is 5.76. The Morgan fingerprint density at radius 2 is 1.63 bits per heavy atom. The van der Waals surface area contributed by atoms with Crippen LogP contribution in [0.3, 0.4) is 0 Å². The average Bonchev–Trinajstić information content (AvgIpc) is 2.79. The molecule has 1 aliphatic heterocycles. The fourth-order valence-electron chi connectivity index (χ4n) is 3.49. The van der Waals surface area contributed by atoms with Crippen molar-refractivity contribution in [2.24, 2.45) is 5.41 Å². The number of carbonyl (C=O) groups is 1. The molecule has 2 fully saturated rings. The number of hydrogen-bond acceptors (Lipinski definition) is 4. The van der Waals surface area contributed by atoms with Gasteiger partial charge >= 0.3 is 0 Å². The lowest BCUT2D eigenvalue weighted by Gasteiger charge is -2.39. The summed E-state index contributed by atoms with van der Waals surface area (Å²) in [5.41, 5.74) is -0.671. The normalized spacial score (nSPS) is 25.6. The van der Waals surface area contributed by atoms with Crippen LogP contribution >= 0.6 is 0 Å². The molecule has 1 N–H and O–H groups in total. The zero-order valence-corrected chi connectivity index (χ0v) is 12.4. The Balaban J connectivity index is 1.78. The van der Waals surface area contributed by atoms with Crippen LogP contribution in [-0.2, 0) is 4.79 Å². The van der Waals surface area contributed by atoms with Gasteiger partial charge < -0.3 is 9.90 Å². The van der Waals surface area contributed by atoms with E-state index in [1.807, 2.05) is 13.8 Å². The lowest BCUT2D eigenvalue weighted by atomic mass is 9.87. The molecule has 0 unspecified atom stereocenters. The van der Waals surface area contributed by atoms with Crippen LogP contribution in [0.1, 0.15) is 39.5 Å². The minimum absolute atomic E-state index is 0.0571. The molecule has 2 aliphatic rings. The molecule has 4 nitrogen and oxygen atoms in total. The Bertz CT molecular complexity index is 298. The van der Waals surface area contributed by atoms with Gasteiger partial charge in [0.2, 0.25) is 0 Å². The molecule has 0 radical (unpaired) electrons. The fourth-order valence-corrected chi connectivity index (χ4v) is 3.49. The van der Waals surface area contributed by atoms with E-state index in [4.69, 9.17) is 0 Å². The van der Waals surface area contributed by atoms with Gasteiger partial charge in [0.15, 0.2) is 0 Å². The highest BCUT2D eigenvalue weighted by Crippen LogP contribution is 2.37. The van der Waals surface area contributed by atoms with E-state index in [1.54, 1.807) is 0 Å². The molecule has 1 heterocycles. The van der Waals surface area contributed by atoms with Crippen LogP contribution in [0.25, 0.3) is 0 Å². The molecule has 2 rings (SSSR count). The Morgan fingerprint density at radius 3 is 2.11 bits per heavy atom. The summed E-state index contributed by atoms with van der Waals surface area (Å²) in [6, 6.07) is 0. The second-order valence-corrected chi connectivity index (χ2v) is 7.05. The van der Waals surface area contributed by atoms with E-state index >= 15 is 0 Å². The summed E-state index contributed by atoms with van der Waals surface area (Å²) in [4.78, 5) is 16.1. The summed E-state index contributed by atoms with van der Waals surface area (Å²) >= 11 is 0. The van der Waals surface area contributed by atoms with Gasteiger partial charge in [0, 0.05) is 44.7 Å². The van der Waals surface area contributed by atoms with Gasteiger partial charge in [-0.15, -0.1) is 0 Å². The van der Waals surface area contributed by atoms with Crippen molar-refractivity contribution < 1.29 is 9.90 Å². The van der Waals surface area contributed by atoms with E-state index in [0.717, 1.165) is 52.1 Å². The number of hydrogen-bond donors (Lipinski definition) is 1. The first-order valence-corrected chi connectivity index (χ1v) is 7.56. The van der Waals surface area contributed by atoms with Crippen LogP contribution in [0.2, 0.25) is 0 Å². The molecule has 0 bridgehead atoms. The maximum absolute atomic E-state index is 11.4. The topological polar surface area (TPSA) is 43.8 Å².